The second-order valence-electron chi connectivity index (χ2n) is 8.03. The Labute approximate surface area is 158 Å². The molecule has 7 heteroatoms. The van der Waals surface area contributed by atoms with Gasteiger partial charge in [0, 0.05) is 17.8 Å². The standard InChI is InChI=1S/C20H26N4O3/c1-11-16(12(2)24-10-22-18(19(21)26)20(24)23-11)5-6-17(25)27-9-15-8-13-3-4-14(15)7-13/h10,13-15H,3-9H2,1-2H3,(H2,21,26)/t13-,14-,15+/m0/s1. The number of imidazole rings is 1. The molecule has 0 saturated heterocycles. The van der Waals surface area contributed by atoms with E-state index in [4.69, 9.17) is 10.5 Å². The molecule has 0 unspecified atom stereocenters. The molecular formula is C20H26N4O3. The van der Waals surface area contributed by atoms with E-state index in [1.807, 2.05) is 13.8 Å². The molecule has 0 radical (unpaired) electrons. The van der Waals surface area contributed by atoms with Crippen LogP contribution in [0.15, 0.2) is 6.33 Å². The summed E-state index contributed by atoms with van der Waals surface area (Å²) in [6, 6.07) is 0. The summed E-state index contributed by atoms with van der Waals surface area (Å²) < 4.78 is 7.32. The monoisotopic (exact) mass is 370 g/mol. The summed E-state index contributed by atoms with van der Waals surface area (Å²) >= 11 is 0. The number of aryl methyl sites for hydroxylation is 2. The van der Waals surface area contributed by atoms with Gasteiger partial charge < -0.3 is 10.5 Å². The van der Waals surface area contributed by atoms with Gasteiger partial charge in [-0.3, -0.25) is 14.0 Å². The van der Waals surface area contributed by atoms with E-state index in [1.54, 1.807) is 10.7 Å². The van der Waals surface area contributed by atoms with Gasteiger partial charge in [-0.2, -0.15) is 0 Å². The molecule has 0 aromatic carbocycles. The van der Waals surface area contributed by atoms with Crippen molar-refractivity contribution in [2.24, 2.45) is 23.5 Å². The average molecular weight is 370 g/mol. The zero-order valence-electron chi connectivity index (χ0n) is 15.9. The minimum atomic E-state index is -0.597. The molecule has 2 heterocycles. The first-order valence-electron chi connectivity index (χ1n) is 9.72. The normalized spacial score (nSPS) is 23.9. The largest absolute Gasteiger partial charge is 0.465 e. The second kappa shape index (κ2) is 6.94. The quantitative estimate of drug-likeness (QED) is 0.787. The fourth-order valence-electron chi connectivity index (χ4n) is 4.94. The number of carbonyl (C=O) groups excluding carboxylic acids is 2. The van der Waals surface area contributed by atoms with Gasteiger partial charge in [0.05, 0.1) is 6.61 Å². The summed E-state index contributed by atoms with van der Waals surface area (Å²) in [4.78, 5) is 32.2. The summed E-state index contributed by atoms with van der Waals surface area (Å²) in [7, 11) is 0. The van der Waals surface area contributed by atoms with E-state index in [-0.39, 0.29) is 11.7 Å². The van der Waals surface area contributed by atoms with Crippen LogP contribution in [0.4, 0.5) is 0 Å². The Morgan fingerprint density at radius 3 is 2.78 bits per heavy atom. The fourth-order valence-corrected chi connectivity index (χ4v) is 4.94. The molecule has 2 N–H and O–H groups in total. The Balaban J connectivity index is 1.39. The number of esters is 1. The van der Waals surface area contributed by atoms with Gasteiger partial charge in [-0.25, -0.2) is 9.97 Å². The molecule has 3 atom stereocenters. The molecule has 1 amide bonds. The Bertz CT molecular complexity index is 904. The molecule has 7 nitrogen and oxygen atoms in total. The number of nitrogens with two attached hydrogens (primary N) is 1. The van der Waals surface area contributed by atoms with Crippen LogP contribution in [0, 0.1) is 31.6 Å². The Morgan fingerprint density at radius 2 is 2.11 bits per heavy atom. The van der Waals surface area contributed by atoms with Crippen LogP contribution < -0.4 is 5.73 Å². The Kier molecular flexibility index (Phi) is 4.61. The SMILES string of the molecule is Cc1nc2c(C(N)=O)ncn2c(C)c1CCC(=O)OC[C@H]1C[C@H]2CC[C@H]1C2. The molecule has 2 saturated carbocycles. The lowest BCUT2D eigenvalue weighted by Crippen LogP contribution is -2.19. The number of rotatable bonds is 6. The molecular weight excluding hydrogens is 344 g/mol. The Morgan fingerprint density at radius 1 is 1.30 bits per heavy atom. The number of aromatic nitrogens is 3. The van der Waals surface area contributed by atoms with Crippen LogP contribution in [0.25, 0.3) is 5.65 Å². The van der Waals surface area contributed by atoms with Gasteiger partial charge in [0.1, 0.15) is 6.33 Å². The molecule has 4 rings (SSSR count). The summed E-state index contributed by atoms with van der Waals surface area (Å²) in [5.41, 5.74) is 8.65. The number of amides is 1. The van der Waals surface area contributed by atoms with Gasteiger partial charge in [-0.1, -0.05) is 6.42 Å². The van der Waals surface area contributed by atoms with E-state index >= 15 is 0 Å². The highest BCUT2D eigenvalue weighted by atomic mass is 16.5. The van der Waals surface area contributed by atoms with Crippen molar-refractivity contribution in [3.63, 3.8) is 0 Å². The zero-order chi connectivity index (χ0) is 19.1. The van der Waals surface area contributed by atoms with Crippen molar-refractivity contribution in [2.75, 3.05) is 6.61 Å². The molecule has 2 aromatic rings. The van der Waals surface area contributed by atoms with Gasteiger partial charge in [0.25, 0.3) is 5.91 Å². The number of ether oxygens (including phenoxy) is 1. The molecule has 2 aromatic heterocycles. The number of fused-ring (bicyclic) bond motifs is 3. The van der Waals surface area contributed by atoms with Crippen molar-refractivity contribution >= 4 is 17.5 Å². The first-order chi connectivity index (χ1) is 12.9. The third-order valence-corrected chi connectivity index (χ3v) is 6.41. The fraction of sp³-hybridized carbons (Fsp3) is 0.600. The third kappa shape index (κ3) is 3.31. The molecule has 0 aliphatic heterocycles. The number of carbonyl (C=O) groups is 2. The van der Waals surface area contributed by atoms with Gasteiger partial charge in [0.2, 0.25) is 0 Å². The highest BCUT2D eigenvalue weighted by Crippen LogP contribution is 2.48. The van der Waals surface area contributed by atoms with E-state index in [2.05, 4.69) is 9.97 Å². The summed E-state index contributed by atoms with van der Waals surface area (Å²) in [5.74, 6) is 1.44. The van der Waals surface area contributed by atoms with E-state index in [9.17, 15) is 9.59 Å². The highest BCUT2D eigenvalue weighted by molar-refractivity contribution is 5.96. The lowest BCUT2D eigenvalue weighted by atomic mass is 9.89. The predicted octanol–water partition coefficient (Wildman–Crippen LogP) is 2.36. The number of primary amides is 1. The van der Waals surface area contributed by atoms with Crippen LogP contribution in [0.5, 0.6) is 0 Å². The van der Waals surface area contributed by atoms with Gasteiger partial charge in [-0.05, 0) is 62.8 Å². The predicted molar refractivity (Wildman–Crippen MR) is 99.2 cm³/mol. The topological polar surface area (TPSA) is 99.6 Å². The molecule has 144 valence electrons. The first-order valence-corrected chi connectivity index (χ1v) is 9.72. The van der Waals surface area contributed by atoms with Crippen molar-refractivity contribution in [1.82, 2.24) is 14.4 Å². The zero-order valence-corrected chi connectivity index (χ0v) is 15.9. The van der Waals surface area contributed by atoms with Crippen molar-refractivity contribution in [1.29, 1.82) is 0 Å². The molecule has 2 bridgehead atoms. The maximum absolute atomic E-state index is 12.2. The van der Waals surface area contributed by atoms with Crippen LogP contribution in [0.2, 0.25) is 0 Å². The van der Waals surface area contributed by atoms with Crippen molar-refractivity contribution < 1.29 is 14.3 Å². The van der Waals surface area contributed by atoms with Crippen molar-refractivity contribution in [3.05, 3.63) is 29.0 Å². The van der Waals surface area contributed by atoms with Crippen LogP contribution in [-0.2, 0) is 16.0 Å². The molecule has 27 heavy (non-hydrogen) atoms. The lowest BCUT2D eigenvalue weighted by Gasteiger charge is -2.21. The maximum atomic E-state index is 12.2. The minimum absolute atomic E-state index is 0.153. The maximum Gasteiger partial charge on any atom is 0.306 e. The van der Waals surface area contributed by atoms with Gasteiger partial charge >= 0.3 is 5.97 Å². The number of hydrogen-bond donors (Lipinski definition) is 1. The second-order valence-corrected chi connectivity index (χ2v) is 8.03. The van der Waals surface area contributed by atoms with Crippen molar-refractivity contribution in [2.45, 2.75) is 52.4 Å². The lowest BCUT2D eigenvalue weighted by molar-refractivity contribution is -0.145. The van der Waals surface area contributed by atoms with E-state index < -0.39 is 5.91 Å². The summed E-state index contributed by atoms with van der Waals surface area (Å²) in [6.45, 7) is 4.38. The smallest absolute Gasteiger partial charge is 0.306 e. The molecule has 2 aliphatic rings. The Hall–Kier alpha value is -2.44. The number of nitrogens with zero attached hydrogens (tertiary/aromatic N) is 3. The molecule has 2 aliphatic carbocycles. The van der Waals surface area contributed by atoms with Gasteiger partial charge in [-0.15, -0.1) is 0 Å². The molecule has 2 fully saturated rings. The van der Waals surface area contributed by atoms with E-state index in [1.165, 1.54) is 25.7 Å². The van der Waals surface area contributed by atoms with Crippen LogP contribution in [0.1, 0.15) is 59.5 Å². The average Bonchev–Trinajstić information content (AvgIpc) is 3.34. The third-order valence-electron chi connectivity index (χ3n) is 6.41. The van der Waals surface area contributed by atoms with Crippen molar-refractivity contribution in [3.8, 4) is 0 Å². The van der Waals surface area contributed by atoms with Gasteiger partial charge in [0.15, 0.2) is 11.3 Å². The van der Waals surface area contributed by atoms with Crippen LogP contribution in [-0.4, -0.2) is 32.9 Å². The molecule has 0 spiro atoms. The summed E-state index contributed by atoms with van der Waals surface area (Å²) in [6.07, 6.45) is 7.63. The van der Waals surface area contributed by atoms with Crippen LogP contribution in [0.3, 0.4) is 0 Å². The first kappa shape index (κ1) is 17.9. The number of hydrogen-bond acceptors (Lipinski definition) is 5. The van der Waals surface area contributed by atoms with Crippen LogP contribution >= 0.6 is 0 Å². The van der Waals surface area contributed by atoms with E-state index in [0.29, 0.717) is 31.0 Å². The highest BCUT2D eigenvalue weighted by Gasteiger charge is 2.39. The summed E-state index contributed by atoms with van der Waals surface area (Å²) in [5, 5.41) is 0. The minimum Gasteiger partial charge on any atom is -0.465 e. The van der Waals surface area contributed by atoms with E-state index in [0.717, 1.165) is 28.8 Å².